The van der Waals surface area contributed by atoms with Gasteiger partial charge in [-0.3, -0.25) is 19.6 Å². The van der Waals surface area contributed by atoms with E-state index in [1.165, 1.54) is 4.68 Å². The molecule has 1 unspecified atom stereocenters. The Hall–Kier alpha value is -4.07. The molecule has 1 amide bonds. The molecule has 0 radical (unpaired) electrons. The van der Waals surface area contributed by atoms with Crippen LogP contribution in [0, 0.1) is 24.0 Å². The van der Waals surface area contributed by atoms with Gasteiger partial charge in [-0.25, -0.2) is 5.43 Å². The Labute approximate surface area is 178 Å². The number of nitrogens with one attached hydrogen (secondary N) is 1. The summed E-state index contributed by atoms with van der Waals surface area (Å²) in [5.74, 6) is -0.415. The first kappa shape index (κ1) is 20.2. The highest BCUT2D eigenvalue weighted by Gasteiger charge is 2.26. The number of hydrazone groups is 1. The van der Waals surface area contributed by atoms with E-state index in [-0.39, 0.29) is 11.4 Å². The summed E-state index contributed by atoms with van der Waals surface area (Å²) >= 11 is 0. The molecule has 1 N–H and O–H groups in total. The monoisotopic (exact) mass is 415 g/mol. The van der Waals surface area contributed by atoms with Gasteiger partial charge >= 0.3 is 5.69 Å². The molecule has 0 aliphatic heterocycles. The highest BCUT2D eigenvalue weighted by molar-refractivity contribution is 6.13. The SMILES string of the molecule is Cc1nn(C(C)C(=O)NN=Cc2c3ccccc3cc3ccccc23)c(C)c1[N+](=O)[O-]. The fourth-order valence-corrected chi connectivity index (χ4v) is 3.85. The van der Waals surface area contributed by atoms with Gasteiger partial charge < -0.3 is 0 Å². The second kappa shape index (κ2) is 7.98. The molecule has 1 aromatic heterocycles. The van der Waals surface area contributed by atoms with Crippen LogP contribution >= 0.6 is 0 Å². The molecule has 1 heterocycles. The largest absolute Gasteiger partial charge is 0.312 e. The van der Waals surface area contributed by atoms with Crippen LogP contribution in [0.2, 0.25) is 0 Å². The molecule has 0 aliphatic rings. The van der Waals surface area contributed by atoms with Crippen LogP contribution in [0.4, 0.5) is 5.69 Å². The van der Waals surface area contributed by atoms with E-state index in [1.54, 1.807) is 27.0 Å². The van der Waals surface area contributed by atoms with Crippen molar-refractivity contribution in [2.45, 2.75) is 26.8 Å². The van der Waals surface area contributed by atoms with Gasteiger partial charge in [0.25, 0.3) is 5.91 Å². The van der Waals surface area contributed by atoms with Crippen LogP contribution in [0.25, 0.3) is 21.5 Å². The maximum absolute atomic E-state index is 12.6. The molecule has 0 fully saturated rings. The standard InChI is InChI=1S/C23H21N5O3/c1-14-22(28(30)31)15(2)27(26-14)16(3)23(29)25-24-13-21-19-10-6-4-8-17(19)12-18-9-5-7-11-20(18)21/h4-13,16H,1-3H3,(H,25,29). The average molecular weight is 415 g/mol. The van der Waals surface area contributed by atoms with Gasteiger partial charge in [0.05, 0.1) is 11.1 Å². The lowest BCUT2D eigenvalue weighted by Gasteiger charge is -2.12. The van der Waals surface area contributed by atoms with E-state index >= 15 is 0 Å². The van der Waals surface area contributed by atoms with Crippen LogP contribution in [-0.4, -0.2) is 26.8 Å². The Morgan fingerprint density at radius 3 is 2.26 bits per heavy atom. The number of benzene rings is 3. The molecular weight excluding hydrogens is 394 g/mol. The van der Waals surface area contributed by atoms with Gasteiger partial charge in [-0.1, -0.05) is 48.5 Å². The predicted molar refractivity (Wildman–Crippen MR) is 120 cm³/mol. The Kier molecular flexibility index (Phi) is 5.21. The molecule has 4 rings (SSSR count). The van der Waals surface area contributed by atoms with Crippen LogP contribution < -0.4 is 5.43 Å². The van der Waals surface area contributed by atoms with E-state index in [1.807, 2.05) is 48.5 Å². The topological polar surface area (TPSA) is 102 Å². The third kappa shape index (κ3) is 3.63. The predicted octanol–water partition coefficient (Wildman–Crippen LogP) is 4.43. The van der Waals surface area contributed by atoms with Crippen molar-refractivity contribution < 1.29 is 9.72 Å². The van der Waals surface area contributed by atoms with Crippen LogP contribution in [0.1, 0.15) is 29.9 Å². The minimum Gasteiger partial charge on any atom is -0.271 e. The minimum absolute atomic E-state index is 0.0784. The van der Waals surface area contributed by atoms with Gasteiger partial charge in [0, 0.05) is 5.56 Å². The molecule has 0 bridgehead atoms. The second-order valence-electron chi connectivity index (χ2n) is 7.36. The van der Waals surface area contributed by atoms with Crippen molar-refractivity contribution >= 4 is 39.4 Å². The van der Waals surface area contributed by atoms with E-state index in [2.05, 4.69) is 21.7 Å². The van der Waals surface area contributed by atoms with E-state index in [0.717, 1.165) is 27.1 Å². The van der Waals surface area contributed by atoms with Crippen molar-refractivity contribution in [1.29, 1.82) is 0 Å². The number of rotatable bonds is 5. The molecule has 8 heteroatoms. The zero-order valence-electron chi connectivity index (χ0n) is 17.4. The quantitative estimate of drug-likeness (QED) is 0.225. The summed E-state index contributed by atoms with van der Waals surface area (Å²) in [6.45, 7) is 4.75. The molecule has 156 valence electrons. The Morgan fingerprint density at radius 1 is 1.13 bits per heavy atom. The summed E-state index contributed by atoms with van der Waals surface area (Å²) in [6, 6.07) is 17.4. The Balaban J connectivity index is 1.63. The number of hydrogen-bond acceptors (Lipinski definition) is 5. The Morgan fingerprint density at radius 2 is 1.71 bits per heavy atom. The van der Waals surface area contributed by atoms with E-state index in [0.29, 0.717) is 5.69 Å². The molecule has 31 heavy (non-hydrogen) atoms. The number of carbonyl (C=O) groups is 1. The lowest BCUT2D eigenvalue weighted by molar-refractivity contribution is -0.386. The molecule has 0 aliphatic carbocycles. The molecule has 4 aromatic rings. The lowest BCUT2D eigenvalue weighted by atomic mass is 9.97. The maximum Gasteiger partial charge on any atom is 0.312 e. The number of hydrogen-bond donors (Lipinski definition) is 1. The van der Waals surface area contributed by atoms with Crippen LogP contribution in [-0.2, 0) is 4.79 Å². The van der Waals surface area contributed by atoms with Crippen LogP contribution in [0.15, 0.2) is 59.7 Å². The van der Waals surface area contributed by atoms with E-state index in [4.69, 9.17) is 0 Å². The zero-order valence-corrected chi connectivity index (χ0v) is 17.4. The smallest absolute Gasteiger partial charge is 0.271 e. The fraction of sp³-hybridized carbons (Fsp3) is 0.174. The lowest BCUT2D eigenvalue weighted by Crippen LogP contribution is -2.28. The molecule has 0 saturated heterocycles. The van der Waals surface area contributed by atoms with Gasteiger partial charge in [-0.05, 0) is 48.4 Å². The number of fused-ring (bicyclic) bond motifs is 2. The van der Waals surface area contributed by atoms with Gasteiger partial charge in [0.2, 0.25) is 0 Å². The number of nitro groups is 1. The Bertz CT molecular complexity index is 1300. The maximum atomic E-state index is 12.6. The average Bonchev–Trinajstić information content (AvgIpc) is 3.06. The van der Waals surface area contributed by atoms with Crippen LogP contribution in [0.3, 0.4) is 0 Å². The van der Waals surface area contributed by atoms with Crippen molar-refractivity contribution in [1.82, 2.24) is 15.2 Å². The number of aromatic nitrogens is 2. The number of aryl methyl sites for hydroxylation is 1. The summed E-state index contributed by atoms with van der Waals surface area (Å²) in [5, 5.41) is 23.8. The molecule has 0 spiro atoms. The third-order valence-electron chi connectivity index (χ3n) is 5.40. The molecule has 1 atom stereocenters. The van der Waals surface area contributed by atoms with E-state index in [9.17, 15) is 14.9 Å². The first-order valence-corrected chi connectivity index (χ1v) is 9.82. The normalized spacial score (nSPS) is 12.5. The first-order valence-electron chi connectivity index (χ1n) is 9.82. The fourth-order valence-electron chi connectivity index (χ4n) is 3.85. The summed E-state index contributed by atoms with van der Waals surface area (Å²) < 4.78 is 1.35. The van der Waals surface area contributed by atoms with Crippen molar-refractivity contribution in [2.24, 2.45) is 5.10 Å². The van der Waals surface area contributed by atoms with Gasteiger partial charge in [0.15, 0.2) is 0 Å². The summed E-state index contributed by atoms with van der Waals surface area (Å²) in [4.78, 5) is 23.4. The first-order chi connectivity index (χ1) is 14.9. The molecule has 3 aromatic carbocycles. The molecule has 8 nitrogen and oxygen atoms in total. The highest BCUT2D eigenvalue weighted by atomic mass is 16.6. The minimum atomic E-state index is -0.756. The van der Waals surface area contributed by atoms with Gasteiger partial charge in [-0.15, -0.1) is 0 Å². The molecule has 0 saturated carbocycles. The van der Waals surface area contributed by atoms with Gasteiger partial charge in [0.1, 0.15) is 17.4 Å². The summed E-state index contributed by atoms with van der Waals surface area (Å²) in [7, 11) is 0. The summed E-state index contributed by atoms with van der Waals surface area (Å²) in [5.41, 5.74) is 3.97. The van der Waals surface area contributed by atoms with Gasteiger partial charge in [-0.2, -0.15) is 10.2 Å². The van der Waals surface area contributed by atoms with Crippen molar-refractivity contribution in [2.75, 3.05) is 0 Å². The highest BCUT2D eigenvalue weighted by Crippen LogP contribution is 2.27. The third-order valence-corrected chi connectivity index (χ3v) is 5.40. The van der Waals surface area contributed by atoms with Crippen molar-refractivity contribution in [3.63, 3.8) is 0 Å². The number of carbonyl (C=O) groups excluding carboxylic acids is 1. The number of amides is 1. The van der Waals surface area contributed by atoms with Crippen molar-refractivity contribution in [3.8, 4) is 0 Å². The van der Waals surface area contributed by atoms with E-state index < -0.39 is 16.9 Å². The van der Waals surface area contributed by atoms with Crippen LogP contribution in [0.5, 0.6) is 0 Å². The number of nitrogens with zero attached hydrogens (tertiary/aromatic N) is 4. The van der Waals surface area contributed by atoms with Crippen molar-refractivity contribution in [3.05, 3.63) is 81.7 Å². The zero-order chi connectivity index (χ0) is 22.1. The second-order valence-corrected chi connectivity index (χ2v) is 7.36. The summed E-state index contributed by atoms with van der Waals surface area (Å²) in [6.07, 6.45) is 1.64. The molecular formula is C23H21N5O3.